The molecule has 2 aliphatic rings. The average Bonchev–Trinajstić information content (AvgIpc) is 3.63. The maximum atomic E-state index is 13.8. The molecule has 1 unspecified atom stereocenters. The molecule has 3 aromatic rings. The van der Waals surface area contributed by atoms with Gasteiger partial charge in [-0.3, -0.25) is 9.59 Å². The summed E-state index contributed by atoms with van der Waals surface area (Å²) >= 11 is 1.37. The van der Waals surface area contributed by atoms with E-state index in [1.165, 1.54) is 23.5 Å². The number of nitrogens with zero attached hydrogens (tertiary/aromatic N) is 2. The Morgan fingerprint density at radius 1 is 1.19 bits per heavy atom. The minimum atomic E-state index is -0.300. The van der Waals surface area contributed by atoms with E-state index in [2.05, 4.69) is 22.9 Å². The Morgan fingerprint density at radius 3 is 2.73 bits per heavy atom. The standard InChI is InChI=1S/C29H30FN3O3S/c1-2-14-31-28(34)25-18-37-26(32-25)17-36-23-12-9-19-13-15-33(29(35)21-5-3-4-6-21)27(24(19)16-23)20-7-10-22(30)11-8-20/h2,7-12,16,18,21,27H,1,3-6,13-15,17H2,(H,31,34). The van der Waals surface area contributed by atoms with Crippen LogP contribution in [-0.2, 0) is 17.8 Å². The number of fused-ring (bicyclic) bond motifs is 1. The fourth-order valence-electron chi connectivity index (χ4n) is 5.21. The Labute approximate surface area is 220 Å². The van der Waals surface area contributed by atoms with E-state index in [9.17, 15) is 14.0 Å². The number of ether oxygens (including phenoxy) is 1. The summed E-state index contributed by atoms with van der Waals surface area (Å²) in [7, 11) is 0. The molecule has 6 nitrogen and oxygen atoms in total. The SMILES string of the molecule is C=CCNC(=O)c1csc(COc2ccc3c(c2)C(c2ccc(F)cc2)N(C(=O)C2CCCC2)CC3)n1. The van der Waals surface area contributed by atoms with Crippen LogP contribution in [0.3, 0.4) is 0 Å². The smallest absolute Gasteiger partial charge is 0.271 e. The van der Waals surface area contributed by atoms with Gasteiger partial charge in [-0.2, -0.15) is 0 Å². The molecule has 5 rings (SSSR count). The lowest BCUT2D eigenvalue weighted by molar-refractivity contribution is -0.137. The molecule has 0 saturated heterocycles. The third-order valence-corrected chi connectivity index (χ3v) is 7.89. The second kappa shape index (κ2) is 11.3. The van der Waals surface area contributed by atoms with Crippen LogP contribution in [0.2, 0.25) is 0 Å². The summed E-state index contributed by atoms with van der Waals surface area (Å²) in [6, 6.07) is 12.1. The fraction of sp³-hybridized carbons (Fsp3) is 0.345. The summed E-state index contributed by atoms with van der Waals surface area (Å²) in [4.78, 5) is 32.0. The molecule has 192 valence electrons. The molecule has 2 amide bonds. The van der Waals surface area contributed by atoms with E-state index < -0.39 is 0 Å². The molecule has 2 aromatic carbocycles. The van der Waals surface area contributed by atoms with Gasteiger partial charge in [0.05, 0.1) is 6.04 Å². The first-order valence-electron chi connectivity index (χ1n) is 12.7. The normalized spacial score (nSPS) is 17.3. The van der Waals surface area contributed by atoms with E-state index in [4.69, 9.17) is 4.74 Å². The molecule has 1 aromatic heterocycles. The lowest BCUT2D eigenvalue weighted by Crippen LogP contribution is -2.43. The van der Waals surface area contributed by atoms with Gasteiger partial charge in [-0.05, 0) is 60.2 Å². The Morgan fingerprint density at radius 2 is 1.97 bits per heavy atom. The Balaban J connectivity index is 1.38. The van der Waals surface area contributed by atoms with Crippen molar-refractivity contribution in [1.82, 2.24) is 15.2 Å². The number of thiazole rings is 1. The van der Waals surface area contributed by atoms with Crippen molar-refractivity contribution in [2.45, 2.75) is 44.8 Å². The van der Waals surface area contributed by atoms with E-state index in [0.29, 0.717) is 29.5 Å². The van der Waals surface area contributed by atoms with Gasteiger partial charge in [0.15, 0.2) is 0 Å². The molecule has 8 heteroatoms. The van der Waals surface area contributed by atoms with Gasteiger partial charge < -0.3 is 15.0 Å². The van der Waals surface area contributed by atoms with Gasteiger partial charge in [-0.25, -0.2) is 9.37 Å². The topological polar surface area (TPSA) is 71.5 Å². The number of rotatable bonds is 8. The lowest BCUT2D eigenvalue weighted by Gasteiger charge is -2.39. The maximum absolute atomic E-state index is 13.8. The van der Waals surface area contributed by atoms with Gasteiger partial charge in [0.2, 0.25) is 5.91 Å². The van der Waals surface area contributed by atoms with Crippen LogP contribution in [-0.4, -0.2) is 34.8 Å². The molecule has 1 aliphatic carbocycles. The number of benzene rings is 2. The zero-order chi connectivity index (χ0) is 25.8. The van der Waals surface area contributed by atoms with Gasteiger partial charge >= 0.3 is 0 Å². The van der Waals surface area contributed by atoms with E-state index in [1.807, 2.05) is 17.0 Å². The van der Waals surface area contributed by atoms with Crippen LogP contribution in [0.5, 0.6) is 5.75 Å². The number of carbonyl (C=O) groups excluding carboxylic acids is 2. The van der Waals surface area contributed by atoms with Crippen molar-refractivity contribution >= 4 is 23.2 Å². The summed E-state index contributed by atoms with van der Waals surface area (Å²) in [5.41, 5.74) is 3.41. The first-order valence-corrected chi connectivity index (χ1v) is 13.6. The third-order valence-electron chi connectivity index (χ3n) is 7.07. The van der Waals surface area contributed by atoms with Crippen molar-refractivity contribution in [3.63, 3.8) is 0 Å². The Bertz CT molecular complexity index is 1280. The van der Waals surface area contributed by atoms with Crippen molar-refractivity contribution in [1.29, 1.82) is 0 Å². The maximum Gasteiger partial charge on any atom is 0.271 e. The highest BCUT2D eigenvalue weighted by atomic mass is 32.1. The predicted molar refractivity (Wildman–Crippen MR) is 141 cm³/mol. The number of hydrogen-bond acceptors (Lipinski definition) is 5. The monoisotopic (exact) mass is 519 g/mol. The van der Waals surface area contributed by atoms with Crippen LogP contribution >= 0.6 is 11.3 Å². The molecular weight excluding hydrogens is 489 g/mol. The minimum Gasteiger partial charge on any atom is -0.486 e. The molecule has 37 heavy (non-hydrogen) atoms. The first kappa shape index (κ1) is 25.1. The molecular formula is C29H30FN3O3S. The number of nitrogens with one attached hydrogen (secondary N) is 1. The summed E-state index contributed by atoms with van der Waals surface area (Å²) < 4.78 is 19.8. The van der Waals surface area contributed by atoms with E-state index in [0.717, 1.165) is 48.8 Å². The number of halogens is 1. The van der Waals surface area contributed by atoms with E-state index in [-0.39, 0.29) is 36.2 Å². The molecule has 1 aliphatic heterocycles. The Hall–Kier alpha value is -3.52. The molecule has 1 N–H and O–H groups in total. The second-order valence-corrected chi connectivity index (χ2v) is 10.4. The van der Waals surface area contributed by atoms with Gasteiger partial charge in [-0.1, -0.05) is 37.1 Å². The molecule has 0 spiro atoms. The highest BCUT2D eigenvalue weighted by molar-refractivity contribution is 7.09. The summed E-state index contributed by atoms with van der Waals surface area (Å²) in [6.07, 6.45) is 6.43. The zero-order valence-corrected chi connectivity index (χ0v) is 21.4. The van der Waals surface area contributed by atoms with Gasteiger partial charge in [0.25, 0.3) is 5.91 Å². The summed E-state index contributed by atoms with van der Waals surface area (Å²) in [5, 5.41) is 5.12. The van der Waals surface area contributed by atoms with Gasteiger partial charge in [0, 0.05) is 24.4 Å². The highest BCUT2D eigenvalue weighted by Crippen LogP contribution is 2.39. The summed E-state index contributed by atoms with van der Waals surface area (Å²) in [6.45, 7) is 4.84. The third kappa shape index (κ3) is 5.59. The average molecular weight is 520 g/mol. The second-order valence-electron chi connectivity index (χ2n) is 9.49. The van der Waals surface area contributed by atoms with Crippen LogP contribution in [0, 0.1) is 11.7 Å². The van der Waals surface area contributed by atoms with Crippen LogP contribution < -0.4 is 10.1 Å². The fourth-order valence-corrected chi connectivity index (χ4v) is 5.90. The quantitative estimate of drug-likeness (QED) is 0.402. The van der Waals surface area contributed by atoms with Crippen LogP contribution in [0.15, 0.2) is 60.5 Å². The minimum absolute atomic E-state index is 0.0618. The number of aromatic nitrogens is 1. The lowest BCUT2D eigenvalue weighted by atomic mass is 9.87. The number of hydrogen-bond donors (Lipinski definition) is 1. The highest BCUT2D eigenvalue weighted by Gasteiger charge is 2.36. The van der Waals surface area contributed by atoms with E-state index in [1.54, 1.807) is 23.6 Å². The van der Waals surface area contributed by atoms with Crippen molar-refractivity contribution in [3.05, 3.63) is 93.7 Å². The van der Waals surface area contributed by atoms with Crippen LogP contribution in [0.25, 0.3) is 0 Å². The number of carbonyl (C=O) groups is 2. The van der Waals surface area contributed by atoms with Crippen molar-refractivity contribution in [2.24, 2.45) is 5.92 Å². The summed E-state index contributed by atoms with van der Waals surface area (Å²) in [5.74, 6) is 0.367. The molecule has 0 bridgehead atoms. The van der Waals surface area contributed by atoms with E-state index >= 15 is 0 Å². The van der Waals surface area contributed by atoms with Crippen molar-refractivity contribution in [2.75, 3.05) is 13.1 Å². The van der Waals surface area contributed by atoms with Gasteiger partial charge in [-0.15, -0.1) is 17.9 Å². The Kier molecular flexibility index (Phi) is 7.65. The first-order chi connectivity index (χ1) is 18.0. The predicted octanol–water partition coefficient (Wildman–Crippen LogP) is 5.44. The molecule has 1 atom stereocenters. The van der Waals surface area contributed by atoms with Crippen molar-refractivity contribution < 1.29 is 18.7 Å². The van der Waals surface area contributed by atoms with Crippen molar-refractivity contribution in [3.8, 4) is 5.75 Å². The van der Waals surface area contributed by atoms with Crippen LogP contribution in [0.4, 0.5) is 4.39 Å². The molecule has 1 fully saturated rings. The zero-order valence-electron chi connectivity index (χ0n) is 20.6. The largest absolute Gasteiger partial charge is 0.486 e. The molecule has 0 radical (unpaired) electrons. The van der Waals surface area contributed by atoms with Gasteiger partial charge in [0.1, 0.15) is 28.9 Å². The van der Waals surface area contributed by atoms with Crippen LogP contribution in [0.1, 0.15) is 63.9 Å². The molecule has 2 heterocycles. The molecule has 1 saturated carbocycles. The number of amides is 2.